The molecule has 2 aromatic heterocycles. The normalized spacial score (nSPS) is 10.5. The van der Waals surface area contributed by atoms with Gasteiger partial charge >= 0.3 is 5.97 Å². The van der Waals surface area contributed by atoms with Crippen LogP contribution < -0.4 is 5.32 Å². The Labute approximate surface area is 147 Å². The summed E-state index contributed by atoms with van der Waals surface area (Å²) < 4.78 is 0. The van der Waals surface area contributed by atoms with Crippen molar-refractivity contribution in [3.63, 3.8) is 0 Å². The summed E-state index contributed by atoms with van der Waals surface area (Å²) in [6.07, 6.45) is 0.580. The first kappa shape index (κ1) is 18.2. The van der Waals surface area contributed by atoms with Gasteiger partial charge < -0.3 is 15.3 Å². The summed E-state index contributed by atoms with van der Waals surface area (Å²) in [5.41, 5.74) is 0.867. The van der Waals surface area contributed by atoms with Crippen LogP contribution in [0.15, 0.2) is 17.5 Å². The lowest BCUT2D eigenvalue weighted by Gasteiger charge is -2.15. The van der Waals surface area contributed by atoms with E-state index in [1.807, 2.05) is 13.8 Å². The molecule has 0 saturated carbocycles. The third kappa shape index (κ3) is 3.82. The minimum atomic E-state index is -1.06. The molecule has 2 amide bonds. The first-order valence-electron chi connectivity index (χ1n) is 7.29. The number of carboxylic acids is 1. The van der Waals surface area contributed by atoms with Crippen molar-refractivity contribution >= 4 is 45.5 Å². The Balaban J connectivity index is 2.10. The molecule has 0 atom stereocenters. The molecule has 2 heterocycles. The Hall–Kier alpha value is -2.19. The molecule has 0 aliphatic carbocycles. The summed E-state index contributed by atoms with van der Waals surface area (Å²) in [5, 5.41) is 14.1. The molecule has 0 unspecified atom stereocenters. The van der Waals surface area contributed by atoms with E-state index >= 15 is 0 Å². The number of hydrogen-bond acceptors (Lipinski definition) is 5. The van der Waals surface area contributed by atoms with Crippen LogP contribution in [-0.2, 0) is 11.2 Å². The van der Waals surface area contributed by atoms with Gasteiger partial charge in [-0.05, 0) is 30.4 Å². The molecule has 8 heteroatoms. The number of nitrogens with zero attached hydrogens (tertiary/aromatic N) is 1. The average Bonchev–Trinajstić information content (AvgIpc) is 3.13. The van der Waals surface area contributed by atoms with Crippen molar-refractivity contribution < 1.29 is 19.5 Å². The molecule has 0 bridgehead atoms. The summed E-state index contributed by atoms with van der Waals surface area (Å²) in [6, 6.07) is 3.46. The highest BCUT2D eigenvalue weighted by molar-refractivity contribution is 7.16. The maximum absolute atomic E-state index is 12.2. The molecular weight excluding hydrogens is 348 g/mol. The van der Waals surface area contributed by atoms with E-state index in [1.165, 1.54) is 34.6 Å². The Kier molecular flexibility index (Phi) is 5.74. The highest BCUT2D eigenvalue weighted by Crippen LogP contribution is 2.33. The van der Waals surface area contributed by atoms with Crippen molar-refractivity contribution in [2.24, 2.45) is 0 Å². The molecule has 6 nitrogen and oxygen atoms in total. The van der Waals surface area contributed by atoms with E-state index in [1.54, 1.807) is 17.5 Å². The van der Waals surface area contributed by atoms with Crippen LogP contribution in [0.1, 0.15) is 37.4 Å². The second kappa shape index (κ2) is 7.59. The van der Waals surface area contributed by atoms with Crippen molar-refractivity contribution in [1.29, 1.82) is 0 Å². The molecule has 2 N–H and O–H groups in total. The maximum Gasteiger partial charge on any atom is 0.339 e. The van der Waals surface area contributed by atoms with E-state index < -0.39 is 11.9 Å². The lowest BCUT2D eigenvalue weighted by Crippen LogP contribution is -2.34. The third-order valence-corrected chi connectivity index (χ3v) is 5.41. The van der Waals surface area contributed by atoms with Gasteiger partial charge in [0.15, 0.2) is 0 Å². The fourth-order valence-electron chi connectivity index (χ4n) is 2.36. The van der Waals surface area contributed by atoms with E-state index in [4.69, 9.17) is 0 Å². The molecule has 0 fully saturated rings. The maximum atomic E-state index is 12.2. The number of carboxylic acid groups (broad SMARTS) is 1. The standard InChI is InChI=1S/C16H18N2O4S2/c1-4-10-9(2)24-14(13(10)16(21)22)17-12(19)8-18(3)15(20)11-6-5-7-23-11/h5-7H,4,8H2,1-3H3,(H,17,19)(H,21,22). The molecular formula is C16H18N2O4S2. The predicted molar refractivity (Wildman–Crippen MR) is 95.3 cm³/mol. The number of anilines is 1. The predicted octanol–water partition coefficient (Wildman–Crippen LogP) is 3.09. The molecule has 2 aromatic rings. The van der Waals surface area contributed by atoms with Crippen molar-refractivity contribution in [1.82, 2.24) is 4.90 Å². The second-order valence-electron chi connectivity index (χ2n) is 5.19. The van der Waals surface area contributed by atoms with Crippen LogP contribution in [0.5, 0.6) is 0 Å². The zero-order valence-corrected chi connectivity index (χ0v) is 15.2. The fourth-order valence-corrected chi connectivity index (χ4v) is 4.23. The molecule has 128 valence electrons. The number of rotatable bonds is 6. The lowest BCUT2D eigenvalue weighted by atomic mass is 10.1. The van der Waals surface area contributed by atoms with Gasteiger partial charge in [-0.2, -0.15) is 0 Å². The number of thiophene rings is 2. The number of aryl methyl sites for hydroxylation is 1. The first-order valence-corrected chi connectivity index (χ1v) is 8.99. The van der Waals surface area contributed by atoms with Crippen LogP contribution in [0.4, 0.5) is 5.00 Å². The summed E-state index contributed by atoms with van der Waals surface area (Å²) in [6.45, 7) is 3.56. The van der Waals surface area contributed by atoms with Crippen molar-refractivity contribution in [3.05, 3.63) is 38.4 Å². The largest absolute Gasteiger partial charge is 0.478 e. The summed E-state index contributed by atoms with van der Waals surface area (Å²) in [5.74, 6) is -1.72. The number of carbonyl (C=O) groups is 3. The molecule has 2 rings (SSSR count). The van der Waals surface area contributed by atoms with Gasteiger partial charge in [0, 0.05) is 11.9 Å². The number of carbonyl (C=O) groups excluding carboxylic acids is 2. The van der Waals surface area contributed by atoms with Crippen molar-refractivity contribution in [3.8, 4) is 0 Å². The Morgan fingerprint density at radius 1 is 1.33 bits per heavy atom. The van der Waals surface area contributed by atoms with Gasteiger partial charge in [-0.25, -0.2) is 4.79 Å². The number of hydrogen-bond donors (Lipinski definition) is 2. The van der Waals surface area contributed by atoms with Gasteiger partial charge in [0.05, 0.1) is 17.0 Å². The number of aromatic carboxylic acids is 1. The number of nitrogens with one attached hydrogen (secondary N) is 1. The molecule has 0 radical (unpaired) electrons. The highest BCUT2D eigenvalue weighted by Gasteiger charge is 2.23. The SMILES string of the molecule is CCc1c(C)sc(NC(=O)CN(C)C(=O)c2cccs2)c1C(=O)O. The van der Waals surface area contributed by atoms with Crippen LogP contribution >= 0.6 is 22.7 Å². The van der Waals surface area contributed by atoms with E-state index in [0.29, 0.717) is 16.3 Å². The second-order valence-corrected chi connectivity index (χ2v) is 7.36. The van der Waals surface area contributed by atoms with E-state index in [9.17, 15) is 19.5 Å². The molecule has 0 aromatic carbocycles. The van der Waals surface area contributed by atoms with Gasteiger partial charge in [0.25, 0.3) is 5.91 Å². The first-order chi connectivity index (χ1) is 11.3. The average molecular weight is 366 g/mol. The fraction of sp³-hybridized carbons (Fsp3) is 0.312. The number of likely N-dealkylation sites (N-methyl/N-ethyl adjacent to an activating group) is 1. The monoisotopic (exact) mass is 366 g/mol. The van der Waals surface area contributed by atoms with Gasteiger partial charge in [-0.15, -0.1) is 22.7 Å². The molecule has 0 saturated heterocycles. The van der Waals surface area contributed by atoms with Gasteiger partial charge in [0.1, 0.15) is 5.00 Å². The molecule has 0 aliphatic heterocycles. The third-order valence-electron chi connectivity index (χ3n) is 3.49. The van der Waals surface area contributed by atoms with Gasteiger partial charge in [-0.3, -0.25) is 9.59 Å². The van der Waals surface area contributed by atoms with Crippen LogP contribution in [0, 0.1) is 6.92 Å². The highest BCUT2D eigenvalue weighted by atomic mass is 32.1. The van der Waals surface area contributed by atoms with Crippen LogP contribution in [-0.4, -0.2) is 41.4 Å². The zero-order valence-electron chi connectivity index (χ0n) is 13.6. The summed E-state index contributed by atoms with van der Waals surface area (Å²) in [7, 11) is 1.54. The van der Waals surface area contributed by atoms with E-state index in [-0.39, 0.29) is 18.0 Å². The quantitative estimate of drug-likeness (QED) is 0.822. The topological polar surface area (TPSA) is 86.7 Å². The van der Waals surface area contributed by atoms with Crippen molar-refractivity contribution in [2.75, 3.05) is 18.9 Å². The Morgan fingerprint density at radius 3 is 2.58 bits per heavy atom. The minimum Gasteiger partial charge on any atom is -0.478 e. The van der Waals surface area contributed by atoms with E-state index in [2.05, 4.69) is 5.32 Å². The van der Waals surface area contributed by atoms with Gasteiger partial charge in [0.2, 0.25) is 5.91 Å². The van der Waals surface area contributed by atoms with Crippen LogP contribution in [0.25, 0.3) is 0 Å². The molecule has 0 spiro atoms. The minimum absolute atomic E-state index is 0.139. The van der Waals surface area contributed by atoms with Gasteiger partial charge in [-0.1, -0.05) is 13.0 Å². The zero-order chi connectivity index (χ0) is 17.9. The molecule has 0 aliphatic rings. The summed E-state index contributed by atoms with van der Waals surface area (Å²) in [4.78, 5) is 38.5. The van der Waals surface area contributed by atoms with E-state index in [0.717, 1.165) is 10.4 Å². The molecule has 24 heavy (non-hydrogen) atoms. The lowest BCUT2D eigenvalue weighted by molar-refractivity contribution is -0.116. The Bertz CT molecular complexity index is 765. The smallest absolute Gasteiger partial charge is 0.339 e. The summed E-state index contributed by atoms with van der Waals surface area (Å²) >= 11 is 2.55. The Morgan fingerprint density at radius 2 is 2.04 bits per heavy atom. The van der Waals surface area contributed by atoms with Crippen LogP contribution in [0.2, 0.25) is 0 Å². The number of amides is 2. The van der Waals surface area contributed by atoms with Crippen LogP contribution in [0.3, 0.4) is 0 Å². The van der Waals surface area contributed by atoms with Crippen molar-refractivity contribution in [2.45, 2.75) is 20.3 Å².